The molecule has 0 aliphatic carbocycles. The molecule has 0 aliphatic rings. The van der Waals surface area contributed by atoms with Crippen LogP contribution in [0.4, 0.5) is 0 Å². The van der Waals surface area contributed by atoms with E-state index in [9.17, 15) is 0 Å². The topological polar surface area (TPSA) is 17.8 Å². The molecule has 0 unspecified atom stereocenters. The van der Waals surface area contributed by atoms with Gasteiger partial charge in [-0.3, -0.25) is 0 Å². The van der Waals surface area contributed by atoms with Gasteiger partial charge >= 0.3 is 0 Å². The van der Waals surface area contributed by atoms with Crippen LogP contribution in [-0.2, 0) is 13.0 Å². The summed E-state index contributed by atoms with van der Waals surface area (Å²) in [7, 11) is 0. The number of unbranched alkanes of at least 4 members (excludes halogenated alkanes) is 4. The molecule has 0 N–H and O–H groups in total. The minimum absolute atomic E-state index is 0.302. The van der Waals surface area contributed by atoms with E-state index in [-0.39, 0.29) is 0 Å². The molecule has 0 amide bonds. The molecule has 3 rings (SSSR count). The highest BCUT2D eigenvalue weighted by molar-refractivity contribution is 5.76. The normalized spacial score (nSPS) is 12.8. The van der Waals surface area contributed by atoms with Gasteiger partial charge in [0.25, 0.3) is 0 Å². The van der Waals surface area contributed by atoms with E-state index < -0.39 is 0 Å². The molecule has 0 fully saturated rings. The monoisotopic (exact) mass is 376 g/mol. The predicted molar refractivity (Wildman–Crippen MR) is 121 cm³/mol. The van der Waals surface area contributed by atoms with Crippen LogP contribution in [0.3, 0.4) is 0 Å². The number of imidazole rings is 1. The summed E-state index contributed by atoms with van der Waals surface area (Å²) >= 11 is 0. The number of aromatic nitrogens is 2. The summed E-state index contributed by atoms with van der Waals surface area (Å²) in [5.74, 6) is 2.20. The Morgan fingerprint density at radius 1 is 0.857 bits per heavy atom. The van der Waals surface area contributed by atoms with Crippen molar-refractivity contribution in [3.8, 4) is 0 Å². The Hall–Kier alpha value is -2.09. The number of nitrogens with zero attached hydrogens (tertiary/aromatic N) is 2. The van der Waals surface area contributed by atoms with Gasteiger partial charge in [-0.15, -0.1) is 0 Å². The van der Waals surface area contributed by atoms with E-state index in [2.05, 4.69) is 80.8 Å². The van der Waals surface area contributed by atoms with Crippen molar-refractivity contribution in [2.24, 2.45) is 5.92 Å². The molecule has 0 radical (unpaired) electrons. The zero-order valence-corrected chi connectivity index (χ0v) is 18.1. The summed E-state index contributed by atoms with van der Waals surface area (Å²) in [6.07, 6.45) is 7.65. The number of benzene rings is 2. The molecule has 28 heavy (non-hydrogen) atoms. The molecule has 0 saturated heterocycles. The Morgan fingerprint density at radius 2 is 1.57 bits per heavy atom. The minimum atomic E-state index is 0.302. The fraction of sp³-hybridized carbons (Fsp3) is 0.500. The van der Waals surface area contributed by atoms with E-state index in [0.29, 0.717) is 11.8 Å². The van der Waals surface area contributed by atoms with Crippen LogP contribution in [0, 0.1) is 5.92 Å². The summed E-state index contributed by atoms with van der Waals surface area (Å²) in [5.41, 5.74) is 5.18. The van der Waals surface area contributed by atoms with E-state index in [0.717, 1.165) is 18.5 Å². The molecule has 0 spiro atoms. The van der Waals surface area contributed by atoms with Gasteiger partial charge in [0.1, 0.15) is 5.82 Å². The summed E-state index contributed by atoms with van der Waals surface area (Å²) in [5, 5.41) is 0. The van der Waals surface area contributed by atoms with Crippen LogP contribution in [0.1, 0.15) is 82.7 Å². The summed E-state index contributed by atoms with van der Waals surface area (Å²) in [6.45, 7) is 10.2. The number of hydrogen-bond acceptors (Lipinski definition) is 1. The first-order valence-corrected chi connectivity index (χ1v) is 11.1. The smallest absolute Gasteiger partial charge is 0.117 e. The van der Waals surface area contributed by atoms with Crippen LogP contribution in [0.15, 0.2) is 48.5 Å². The molecule has 0 bridgehead atoms. The first-order chi connectivity index (χ1) is 13.6. The average molecular weight is 377 g/mol. The molecule has 1 atom stereocenters. The van der Waals surface area contributed by atoms with Gasteiger partial charge in [-0.25, -0.2) is 4.98 Å². The molecule has 150 valence electrons. The van der Waals surface area contributed by atoms with Crippen LogP contribution in [0.2, 0.25) is 0 Å². The lowest BCUT2D eigenvalue weighted by Crippen LogP contribution is -2.09. The predicted octanol–water partition coefficient (Wildman–Crippen LogP) is 7.36. The highest BCUT2D eigenvalue weighted by Crippen LogP contribution is 2.28. The third kappa shape index (κ3) is 5.04. The lowest BCUT2D eigenvalue weighted by Gasteiger charge is -2.16. The molecule has 0 aliphatic heterocycles. The third-order valence-electron chi connectivity index (χ3n) is 5.68. The van der Waals surface area contributed by atoms with Gasteiger partial charge in [0.05, 0.1) is 11.0 Å². The quantitative estimate of drug-likeness (QED) is 0.338. The maximum atomic E-state index is 5.04. The van der Waals surface area contributed by atoms with Crippen LogP contribution < -0.4 is 0 Å². The van der Waals surface area contributed by atoms with E-state index in [4.69, 9.17) is 4.98 Å². The van der Waals surface area contributed by atoms with E-state index >= 15 is 0 Å². The van der Waals surface area contributed by atoms with Crippen molar-refractivity contribution >= 4 is 11.0 Å². The number of hydrogen-bond donors (Lipinski definition) is 0. The van der Waals surface area contributed by atoms with E-state index in [1.165, 1.54) is 54.6 Å². The van der Waals surface area contributed by atoms with Crippen molar-refractivity contribution in [2.45, 2.75) is 78.7 Å². The van der Waals surface area contributed by atoms with Crippen molar-refractivity contribution in [1.29, 1.82) is 0 Å². The lowest BCUT2D eigenvalue weighted by atomic mass is 9.96. The van der Waals surface area contributed by atoms with Crippen molar-refractivity contribution in [1.82, 2.24) is 9.55 Å². The molecular formula is C26H36N2. The molecular weight excluding hydrogens is 340 g/mol. The highest BCUT2D eigenvalue weighted by atomic mass is 15.1. The average Bonchev–Trinajstić information content (AvgIpc) is 3.06. The van der Waals surface area contributed by atoms with Gasteiger partial charge in [-0.2, -0.15) is 0 Å². The van der Waals surface area contributed by atoms with Gasteiger partial charge in [-0.05, 0) is 42.0 Å². The molecule has 1 aromatic heterocycles. The molecule has 0 saturated carbocycles. The number of aryl methyl sites for hydroxylation is 1. The summed E-state index contributed by atoms with van der Waals surface area (Å²) < 4.78 is 2.47. The van der Waals surface area contributed by atoms with Crippen molar-refractivity contribution in [2.75, 3.05) is 0 Å². The van der Waals surface area contributed by atoms with Crippen LogP contribution in [0.25, 0.3) is 11.0 Å². The summed E-state index contributed by atoms with van der Waals surface area (Å²) in [4.78, 5) is 5.04. The molecule has 2 nitrogen and oxygen atoms in total. The largest absolute Gasteiger partial charge is 0.327 e. The SMILES string of the molecule is CCCCCCCn1c([C@H](C)c2ccc(CC(C)C)cc2)nc2ccccc21. The Labute approximate surface area is 171 Å². The van der Waals surface area contributed by atoms with Crippen molar-refractivity contribution in [3.05, 3.63) is 65.5 Å². The second-order valence-corrected chi connectivity index (χ2v) is 8.59. The Kier molecular flexibility index (Phi) is 7.30. The Morgan fingerprint density at radius 3 is 2.29 bits per heavy atom. The number of fused-ring (bicyclic) bond motifs is 1. The van der Waals surface area contributed by atoms with Crippen LogP contribution in [-0.4, -0.2) is 9.55 Å². The van der Waals surface area contributed by atoms with Crippen molar-refractivity contribution in [3.63, 3.8) is 0 Å². The van der Waals surface area contributed by atoms with Gasteiger partial charge in [0.15, 0.2) is 0 Å². The van der Waals surface area contributed by atoms with Gasteiger partial charge in [0.2, 0.25) is 0 Å². The fourth-order valence-electron chi connectivity index (χ4n) is 4.10. The second-order valence-electron chi connectivity index (χ2n) is 8.59. The number of para-hydroxylation sites is 2. The van der Waals surface area contributed by atoms with E-state index in [1.54, 1.807) is 0 Å². The zero-order valence-electron chi connectivity index (χ0n) is 18.1. The molecule has 2 aromatic carbocycles. The lowest BCUT2D eigenvalue weighted by molar-refractivity contribution is 0.556. The van der Waals surface area contributed by atoms with Gasteiger partial charge in [-0.1, -0.05) is 89.8 Å². The molecule has 1 heterocycles. The first kappa shape index (κ1) is 20.6. The Bertz CT molecular complexity index is 858. The zero-order chi connectivity index (χ0) is 19.9. The maximum Gasteiger partial charge on any atom is 0.117 e. The summed E-state index contributed by atoms with van der Waals surface area (Å²) in [6, 6.07) is 17.8. The number of rotatable bonds is 10. The maximum absolute atomic E-state index is 5.04. The van der Waals surface area contributed by atoms with Gasteiger partial charge < -0.3 is 4.57 Å². The molecule has 3 aromatic rings. The van der Waals surface area contributed by atoms with E-state index in [1.807, 2.05) is 0 Å². The van der Waals surface area contributed by atoms with Crippen LogP contribution in [0.5, 0.6) is 0 Å². The first-order valence-electron chi connectivity index (χ1n) is 11.1. The van der Waals surface area contributed by atoms with Crippen LogP contribution >= 0.6 is 0 Å². The third-order valence-corrected chi connectivity index (χ3v) is 5.68. The second kappa shape index (κ2) is 9.91. The molecule has 2 heteroatoms. The highest BCUT2D eigenvalue weighted by Gasteiger charge is 2.18. The van der Waals surface area contributed by atoms with Gasteiger partial charge in [0, 0.05) is 12.5 Å². The Balaban J connectivity index is 1.83. The fourth-order valence-corrected chi connectivity index (χ4v) is 4.10. The van der Waals surface area contributed by atoms with Crippen molar-refractivity contribution < 1.29 is 0 Å². The standard InChI is InChI=1S/C26H36N2/c1-5-6-7-8-11-18-28-25-13-10-9-12-24(25)27-26(28)21(4)23-16-14-22(15-17-23)19-20(2)3/h9-10,12-17,20-21H,5-8,11,18-19H2,1-4H3/t21-/m1/s1. The minimum Gasteiger partial charge on any atom is -0.327 e.